The first-order chi connectivity index (χ1) is 11.3. The number of hydroxylamine groups is 2. The molecule has 5 nitrogen and oxygen atoms in total. The van der Waals surface area contributed by atoms with E-state index in [0.29, 0.717) is 32.7 Å². The third-order valence-corrected chi connectivity index (χ3v) is 4.49. The van der Waals surface area contributed by atoms with Gasteiger partial charge in [-0.15, -0.1) is 0 Å². The number of hydrogen-bond acceptors (Lipinski definition) is 4. The van der Waals surface area contributed by atoms with Crippen molar-refractivity contribution in [2.24, 2.45) is 0 Å². The van der Waals surface area contributed by atoms with Crippen molar-refractivity contribution < 1.29 is 14.4 Å². The third-order valence-electron chi connectivity index (χ3n) is 4.49. The molecule has 1 aromatic rings. The first-order valence-corrected chi connectivity index (χ1v) is 8.62. The number of aryl methyl sites for hydroxylation is 1. The quantitative estimate of drug-likeness (QED) is 0.803. The summed E-state index contributed by atoms with van der Waals surface area (Å²) in [6, 6.07) is 10.4. The molecule has 1 atom stereocenters. The lowest BCUT2D eigenvalue weighted by atomic mass is 10.1. The Bertz CT molecular complexity index is 488. The van der Waals surface area contributed by atoms with E-state index in [1.54, 1.807) is 0 Å². The Balaban J connectivity index is 1.41. The second-order valence-corrected chi connectivity index (χ2v) is 6.22. The fourth-order valence-corrected chi connectivity index (χ4v) is 3.15. The van der Waals surface area contributed by atoms with Gasteiger partial charge in [-0.25, -0.2) is 0 Å². The summed E-state index contributed by atoms with van der Waals surface area (Å²) in [4.78, 5) is 19.8. The Hall–Kier alpha value is -1.43. The number of carbonyl (C=O) groups is 1. The van der Waals surface area contributed by atoms with E-state index >= 15 is 0 Å². The number of ether oxygens (including phenoxy) is 1. The summed E-state index contributed by atoms with van der Waals surface area (Å²) >= 11 is 0. The van der Waals surface area contributed by atoms with Gasteiger partial charge >= 0.3 is 0 Å². The van der Waals surface area contributed by atoms with Gasteiger partial charge in [0.2, 0.25) is 5.91 Å². The molecule has 2 aliphatic heterocycles. The highest BCUT2D eigenvalue weighted by molar-refractivity contribution is 5.76. The van der Waals surface area contributed by atoms with Crippen molar-refractivity contribution in [1.82, 2.24) is 9.96 Å². The van der Waals surface area contributed by atoms with Crippen molar-refractivity contribution in [2.75, 3.05) is 39.4 Å². The van der Waals surface area contributed by atoms with Crippen LogP contribution in [0.3, 0.4) is 0 Å². The van der Waals surface area contributed by atoms with E-state index in [9.17, 15) is 4.79 Å². The van der Waals surface area contributed by atoms with Gasteiger partial charge in [0.25, 0.3) is 0 Å². The lowest BCUT2D eigenvalue weighted by Crippen LogP contribution is -2.46. The van der Waals surface area contributed by atoms with Gasteiger partial charge in [0.1, 0.15) is 0 Å². The molecule has 0 radical (unpaired) electrons. The molecule has 0 saturated carbocycles. The zero-order chi connectivity index (χ0) is 15.9. The first-order valence-electron chi connectivity index (χ1n) is 8.62. The average Bonchev–Trinajstić information content (AvgIpc) is 3.12. The molecule has 0 aromatic heterocycles. The molecule has 0 N–H and O–H groups in total. The average molecular weight is 318 g/mol. The molecule has 1 unspecified atom stereocenters. The number of morpholine rings is 1. The first kappa shape index (κ1) is 16.4. The van der Waals surface area contributed by atoms with Gasteiger partial charge in [-0.3, -0.25) is 9.63 Å². The number of carbonyl (C=O) groups excluding carboxylic acids is 1. The lowest BCUT2D eigenvalue weighted by Gasteiger charge is -2.33. The summed E-state index contributed by atoms with van der Waals surface area (Å²) in [5, 5.41) is 1.91. The second kappa shape index (κ2) is 8.43. The van der Waals surface area contributed by atoms with E-state index in [1.807, 2.05) is 16.0 Å². The number of nitrogens with zero attached hydrogens (tertiary/aromatic N) is 2. The SMILES string of the molecule is O=C(CCN1CCCO1)N1CCOC(CCc2ccccc2)C1. The van der Waals surface area contributed by atoms with E-state index in [1.165, 1.54) is 5.56 Å². The van der Waals surface area contributed by atoms with Crippen LogP contribution < -0.4 is 0 Å². The van der Waals surface area contributed by atoms with Crippen LogP contribution in [-0.2, 0) is 20.8 Å². The molecule has 0 aliphatic carbocycles. The minimum Gasteiger partial charge on any atom is -0.375 e. The van der Waals surface area contributed by atoms with Crippen LogP contribution in [0.1, 0.15) is 24.8 Å². The van der Waals surface area contributed by atoms with E-state index in [4.69, 9.17) is 9.57 Å². The van der Waals surface area contributed by atoms with Crippen molar-refractivity contribution in [3.8, 4) is 0 Å². The number of hydrogen-bond donors (Lipinski definition) is 0. The van der Waals surface area contributed by atoms with Gasteiger partial charge < -0.3 is 9.64 Å². The molecule has 2 heterocycles. The third kappa shape index (κ3) is 5.03. The maximum Gasteiger partial charge on any atom is 0.224 e. The Kier molecular flexibility index (Phi) is 6.02. The standard InChI is InChI=1S/C18H26N2O3/c21-18(9-11-20-10-4-13-23-20)19-12-14-22-17(15-19)8-7-16-5-2-1-3-6-16/h1-3,5-6,17H,4,7-15H2. The monoisotopic (exact) mass is 318 g/mol. The molecular weight excluding hydrogens is 292 g/mol. The number of benzene rings is 1. The normalized spacial score (nSPS) is 22.4. The molecule has 2 saturated heterocycles. The molecule has 23 heavy (non-hydrogen) atoms. The van der Waals surface area contributed by atoms with E-state index < -0.39 is 0 Å². The van der Waals surface area contributed by atoms with Crippen LogP contribution >= 0.6 is 0 Å². The predicted octanol–water partition coefficient (Wildman–Crippen LogP) is 1.87. The summed E-state index contributed by atoms with van der Waals surface area (Å²) in [5.74, 6) is 0.216. The fourth-order valence-electron chi connectivity index (χ4n) is 3.15. The van der Waals surface area contributed by atoms with Crippen LogP contribution in [0.15, 0.2) is 30.3 Å². The Morgan fingerprint density at radius 3 is 2.83 bits per heavy atom. The van der Waals surface area contributed by atoms with Crippen molar-refractivity contribution in [3.63, 3.8) is 0 Å². The molecule has 1 aromatic carbocycles. The maximum absolute atomic E-state index is 12.4. The minimum atomic E-state index is 0.149. The zero-order valence-corrected chi connectivity index (χ0v) is 13.7. The molecule has 1 amide bonds. The van der Waals surface area contributed by atoms with Crippen LogP contribution in [0.5, 0.6) is 0 Å². The van der Waals surface area contributed by atoms with Crippen molar-refractivity contribution in [2.45, 2.75) is 31.8 Å². The van der Waals surface area contributed by atoms with Crippen LogP contribution in [0.25, 0.3) is 0 Å². The van der Waals surface area contributed by atoms with Crippen molar-refractivity contribution in [3.05, 3.63) is 35.9 Å². The van der Waals surface area contributed by atoms with Gasteiger partial charge in [0.05, 0.1) is 19.3 Å². The van der Waals surface area contributed by atoms with Gasteiger partial charge in [0, 0.05) is 32.6 Å². The van der Waals surface area contributed by atoms with Gasteiger partial charge in [-0.05, 0) is 24.8 Å². The predicted molar refractivity (Wildman–Crippen MR) is 87.8 cm³/mol. The van der Waals surface area contributed by atoms with E-state index in [-0.39, 0.29) is 12.0 Å². The molecule has 2 aliphatic rings. The summed E-state index contributed by atoms with van der Waals surface area (Å²) in [5.41, 5.74) is 1.32. The molecule has 0 spiro atoms. The van der Waals surface area contributed by atoms with E-state index in [2.05, 4.69) is 24.3 Å². The van der Waals surface area contributed by atoms with Gasteiger partial charge in [-0.2, -0.15) is 5.06 Å². The molecule has 0 bridgehead atoms. The zero-order valence-electron chi connectivity index (χ0n) is 13.7. The summed E-state index contributed by atoms with van der Waals surface area (Å²) in [7, 11) is 0. The maximum atomic E-state index is 12.4. The highest BCUT2D eigenvalue weighted by Gasteiger charge is 2.24. The topological polar surface area (TPSA) is 42.0 Å². The highest BCUT2D eigenvalue weighted by atomic mass is 16.7. The smallest absolute Gasteiger partial charge is 0.224 e. The molecule has 126 valence electrons. The Labute approximate surface area is 138 Å². The van der Waals surface area contributed by atoms with Crippen LogP contribution in [-0.4, -0.2) is 61.4 Å². The van der Waals surface area contributed by atoms with E-state index in [0.717, 1.165) is 32.4 Å². The van der Waals surface area contributed by atoms with Crippen LogP contribution in [0.4, 0.5) is 0 Å². The molecule has 2 fully saturated rings. The van der Waals surface area contributed by atoms with Crippen LogP contribution in [0, 0.1) is 0 Å². The number of amides is 1. The fraction of sp³-hybridized carbons (Fsp3) is 0.611. The van der Waals surface area contributed by atoms with Crippen LogP contribution in [0.2, 0.25) is 0 Å². The molecular formula is C18H26N2O3. The summed E-state index contributed by atoms with van der Waals surface area (Å²) < 4.78 is 5.83. The summed E-state index contributed by atoms with van der Waals surface area (Å²) in [6.07, 6.45) is 3.70. The molecule has 5 heteroatoms. The largest absolute Gasteiger partial charge is 0.375 e. The second-order valence-electron chi connectivity index (χ2n) is 6.22. The Morgan fingerprint density at radius 2 is 2.04 bits per heavy atom. The van der Waals surface area contributed by atoms with Crippen molar-refractivity contribution in [1.29, 1.82) is 0 Å². The van der Waals surface area contributed by atoms with Gasteiger partial charge in [0.15, 0.2) is 0 Å². The lowest BCUT2D eigenvalue weighted by molar-refractivity contribution is -0.145. The van der Waals surface area contributed by atoms with Gasteiger partial charge in [-0.1, -0.05) is 30.3 Å². The van der Waals surface area contributed by atoms with Crippen molar-refractivity contribution >= 4 is 5.91 Å². The minimum absolute atomic E-state index is 0.149. The highest BCUT2D eigenvalue weighted by Crippen LogP contribution is 2.14. The number of rotatable bonds is 6. The molecule has 3 rings (SSSR count). The summed E-state index contributed by atoms with van der Waals surface area (Å²) in [6.45, 7) is 4.49. The Morgan fingerprint density at radius 1 is 1.17 bits per heavy atom.